The van der Waals surface area contributed by atoms with Crippen LogP contribution in [0.15, 0.2) is 40.5 Å². The van der Waals surface area contributed by atoms with Gasteiger partial charge in [-0.05, 0) is 32.4 Å². The first-order valence-electron chi connectivity index (χ1n) is 7.82. The summed E-state index contributed by atoms with van der Waals surface area (Å²) in [5, 5.41) is 11.6. The van der Waals surface area contributed by atoms with E-state index in [1.807, 2.05) is 0 Å². The Morgan fingerprint density at radius 1 is 1.31 bits per heavy atom. The molecule has 1 aliphatic rings. The molecule has 1 aromatic carbocycles. The molecule has 0 saturated heterocycles. The van der Waals surface area contributed by atoms with Gasteiger partial charge in [0.1, 0.15) is 0 Å². The lowest BCUT2D eigenvalue weighted by atomic mass is 9.78. The summed E-state index contributed by atoms with van der Waals surface area (Å²) in [4.78, 5) is 27.3. The summed E-state index contributed by atoms with van der Waals surface area (Å²) in [6.45, 7) is 4.31. The average molecular weight is 370 g/mol. The van der Waals surface area contributed by atoms with Crippen LogP contribution in [0.5, 0.6) is 0 Å². The number of hydrogen-bond acceptors (Lipinski definition) is 5. The predicted octanol–water partition coefficient (Wildman–Crippen LogP) is 3.75. The number of halogens is 3. The molecule has 9 heteroatoms. The predicted molar refractivity (Wildman–Crippen MR) is 87.4 cm³/mol. The molecule has 26 heavy (non-hydrogen) atoms. The van der Waals surface area contributed by atoms with Gasteiger partial charge in [-0.15, -0.1) is 0 Å². The smallest absolute Gasteiger partial charge is 0.416 e. The lowest BCUT2D eigenvalue weighted by molar-refractivity contribution is -0.505. The molecule has 2 unspecified atom stereocenters. The zero-order valence-electron chi connectivity index (χ0n) is 14.3. The number of allylic oxidation sites excluding steroid dienone is 1. The summed E-state index contributed by atoms with van der Waals surface area (Å²) in [7, 11) is 0. The molecule has 0 aliphatic carbocycles. The molecule has 140 valence electrons. The monoisotopic (exact) mass is 370 g/mol. The van der Waals surface area contributed by atoms with E-state index in [0.29, 0.717) is 0 Å². The summed E-state index contributed by atoms with van der Waals surface area (Å²) in [6, 6.07) is 2.93. The molecule has 2 rings (SSSR count). The van der Waals surface area contributed by atoms with Crippen LogP contribution >= 0.6 is 0 Å². The summed E-state index contributed by atoms with van der Waals surface area (Å²) >= 11 is 0. The van der Waals surface area contributed by atoms with E-state index in [2.05, 4.69) is 4.99 Å². The molecule has 0 amide bonds. The number of benzene rings is 1. The third-order valence-corrected chi connectivity index (χ3v) is 4.11. The molecule has 2 atom stereocenters. The van der Waals surface area contributed by atoms with Crippen molar-refractivity contribution in [3.05, 3.63) is 56.8 Å². The van der Waals surface area contributed by atoms with E-state index < -0.39 is 34.6 Å². The van der Waals surface area contributed by atoms with Gasteiger partial charge >= 0.3 is 12.1 Å². The van der Waals surface area contributed by atoms with E-state index >= 15 is 0 Å². The Bertz CT molecular complexity index is 799. The largest absolute Gasteiger partial charge is 0.463 e. The van der Waals surface area contributed by atoms with Crippen molar-refractivity contribution in [1.29, 1.82) is 0 Å². The van der Waals surface area contributed by atoms with Crippen LogP contribution in [0.2, 0.25) is 0 Å². The van der Waals surface area contributed by atoms with Crippen LogP contribution in [0.3, 0.4) is 0 Å². The minimum absolute atomic E-state index is 0.0188. The van der Waals surface area contributed by atoms with Gasteiger partial charge in [-0.3, -0.25) is 15.1 Å². The van der Waals surface area contributed by atoms with Gasteiger partial charge in [0.15, 0.2) is 0 Å². The number of carbonyl (C=O) groups is 1. The van der Waals surface area contributed by atoms with Crippen molar-refractivity contribution >= 4 is 11.7 Å². The molecule has 0 bridgehead atoms. The third kappa shape index (κ3) is 3.61. The second-order valence-electron chi connectivity index (χ2n) is 5.77. The summed E-state index contributed by atoms with van der Waals surface area (Å²) < 4.78 is 45.3. The van der Waals surface area contributed by atoms with Gasteiger partial charge in [-0.25, -0.2) is 4.79 Å². The minimum Gasteiger partial charge on any atom is -0.463 e. The van der Waals surface area contributed by atoms with E-state index in [4.69, 9.17) is 4.74 Å². The molecule has 0 fully saturated rings. The fraction of sp³-hybridized carbons (Fsp3) is 0.412. The maximum absolute atomic E-state index is 13.5. The molecule has 0 aromatic heterocycles. The van der Waals surface area contributed by atoms with Gasteiger partial charge in [0.05, 0.1) is 29.4 Å². The van der Waals surface area contributed by atoms with E-state index in [0.717, 1.165) is 12.1 Å². The number of alkyl halides is 3. The number of hydrogen-bond donors (Lipinski definition) is 0. The summed E-state index contributed by atoms with van der Waals surface area (Å²) in [6.07, 6.45) is -4.73. The van der Waals surface area contributed by atoms with Crippen LogP contribution < -0.4 is 0 Å². The van der Waals surface area contributed by atoms with Crippen molar-refractivity contribution in [3.63, 3.8) is 0 Å². The van der Waals surface area contributed by atoms with Gasteiger partial charge in [-0.1, -0.05) is 18.2 Å². The zero-order valence-corrected chi connectivity index (χ0v) is 14.3. The van der Waals surface area contributed by atoms with E-state index in [9.17, 15) is 28.1 Å². The Morgan fingerprint density at radius 2 is 1.92 bits per heavy atom. The van der Waals surface area contributed by atoms with Gasteiger partial charge in [-0.2, -0.15) is 13.2 Å². The summed E-state index contributed by atoms with van der Waals surface area (Å²) in [5.41, 5.74) is -1.46. The maximum Gasteiger partial charge on any atom is 0.416 e. The lowest BCUT2D eigenvalue weighted by Crippen LogP contribution is -2.40. The van der Waals surface area contributed by atoms with E-state index in [1.54, 1.807) is 0 Å². The van der Waals surface area contributed by atoms with Crippen molar-refractivity contribution < 1.29 is 27.6 Å². The van der Waals surface area contributed by atoms with Crippen LogP contribution in [0, 0.1) is 10.1 Å². The molecular formula is C17H17F3N2O4. The first-order valence-corrected chi connectivity index (χ1v) is 7.82. The fourth-order valence-corrected chi connectivity index (χ4v) is 3.12. The van der Waals surface area contributed by atoms with Crippen molar-refractivity contribution in [3.8, 4) is 0 Å². The highest BCUT2D eigenvalue weighted by molar-refractivity contribution is 5.98. The maximum atomic E-state index is 13.5. The number of carbonyl (C=O) groups excluding carboxylic acids is 1. The van der Waals surface area contributed by atoms with Crippen molar-refractivity contribution in [2.75, 3.05) is 6.61 Å². The molecular weight excluding hydrogens is 353 g/mol. The Labute approximate surface area is 147 Å². The first kappa shape index (κ1) is 19.6. The summed E-state index contributed by atoms with van der Waals surface area (Å²) in [5.74, 6) is -2.35. The van der Waals surface area contributed by atoms with E-state index in [1.165, 1.54) is 32.9 Å². The number of rotatable bonds is 4. The fourth-order valence-electron chi connectivity index (χ4n) is 3.12. The second-order valence-corrected chi connectivity index (χ2v) is 5.77. The van der Waals surface area contributed by atoms with Crippen LogP contribution in [-0.2, 0) is 15.7 Å². The van der Waals surface area contributed by atoms with Gasteiger partial charge < -0.3 is 4.74 Å². The zero-order chi connectivity index (χ0) is 19.6. The molecule has 6 nitrogen and oxygen atoms in total. The Hall–Kier alpha value is -2.71. The van der Waals surface area contributed by atoms with Gasteiger partial charge in [0.25, 0.3) is 6.04 Å². The van der Waals surface area contributed by atoms with E-state index in [-0.39, 0.29) is 29.2 Å². The Kier molecular flexibility index (Phi) is 5.48. The number of ether oxygens (including phenoxy) is 1. The molecule has 0 N–H and O–H groups in total. The number of aliphatic imine (C=N–C) groups is 1. The lowest BCUT2D eigenvalue weighted by Gasteiger charge is -2.29. The average Bonchev–Trinajstić information content (AvgIpc) is 2.53. The normalized spacial score (nSPS) is 20.6. The SMILES string of the molecule is CCOC(=O)C1=C(C)N=C(C)C([N+](=O)[O-])C1c1ccccc1C(F)(F)F. The second kappa shape index (κ2) is 7.27. The highest BCUT2D eigenvalue weighted by Gasteiger charge is 2.48. The Morgan fingerprint density at radius 3 is 2.46 bits per heavy atom. The van der Waals surface area contributed by atoms with Crippen LogP contribution in [0.1, 0.15) is 37.8 Å². The Balaban J connectivity index is 2.77. The number of nitrogens with zero attached hydrogens (tertiary/aromatic N) is 2. The molecule has 0 saturated carbocycles. The number of nitro groups is 1. The van der Waals surface area contributed by atoms with Crippen LogP contribution in [0.4, 0.5) is 13.2 Å². The topological polar surface area (TPSA) is 81.8 Å². The van der Waals surface area contributed by atoms with Crippen LogP contribution in [-0.4, -0.2) is 29.3 Å². The standard InChI is InChI=1S/C17H17F3N2O4/c1-4-26-16(23)13-9(2)21-10(3)15(22(24)25)14(13)11-7-5-6-8-12(11)17(18,19)20/h5-8,14-15H,4H2,1-3H3. The van der Waals surface area contributed by atoms with Crippen molar-refractivity contribution in [2.24, 2.45) is 4.99 Å². The highest BCUT2D eigenvalue weighted by atomic mass is 19.4. The number of esters is 1. The molecule has 0 radical (unpaired) electrons. The molecule has 1 heterocycles. The van der Waals surface area contributed by atoms with Crippen molar-refractivity contribution in [1.82, 2.24) is 0 Å². The van der Waals surface area contributed by atoms with Crippen LogP contribution in [0.25, 0.3) is 0 Å². The quantitative estimate of drug-likeness (QED) is 0.459. The third-order valence-electron chi connectivity index (χ3n) is 4.11. The van der Waals surface area contributed by atoms with Gasteiger partial charge in [0, 0.05) is 10.6 Å². The first-order chi connectivity index (χ1) is 12.1. The van der Waals surface area contributed by atoms with Gasteiger partial charge in [0.2, 0.25) is 0 Å². The van der Waals surface area contributed by atoms with Crippen molar-refractivity contribution in [2.45, 2.75) is 38.9 Å². The molecule has 1 aromatic rings. The molecule has 0 spiro atoms. The highest BCUT2D eigenvalue weighted by Crippen LogP contribution is 2.42. The molecule has 1 aliphatic heterocycles. The minimum atomic E-state index is -4.73.